The quantitative estimate of drug-likeness (QED) is 0.918. The molecule has 4 nitrogen and oxygen atoms in total. The van der Waals surface area contributed by atoms with Gasteiger partial charge in [-0.15, -0.1) is 0 Å². The first kappa shape index (κ1) is 13.5. The summed E-state index contributed by atoms with van der Waals surface area (Å²) in [6.45, 7) is 8.20. The highest BCUT2D eigenvalue weighted by atomic mass is 16.5. The number of aromatic nitrogens is 1. The molecule has 0 aliphatic heterocycles. The lowest BCUT2D eigenvalue weighted by Gasteiger charge is -2.14. The third-order valence-corrected chi connectivity index (χ3v) is 3.54. The van der Waals surface area contributed by atoms with E-state index in [0.29, 0.717) is 0 Å². The molecule has 1 aromatic heterocycles. The summed E-state index contributed by atoms with van der Waals surface area (Å²) in [5.41, 5.74) is 11.0. The second-order valence-electron chi connectivity index (χ2n) is 4.70. The molecule has 19 heavy (non-hydrogen) atoms. The number of rotatable bonds is 3. The van der Waals surface area contributed by atoms with Gasteiger partial charge >= 0.3 is 0 Å². The Labute approximate surface area is 113 Å². The minimum atomic E-state index is 0.221. The van der Waals surface area contributed by atoms with Gasteiger partial charge in [0.25, 0.3) is 6.01 Å². The van der Waals surface area contributed by atoms with E-state index in [2.05, 4.69) is 11.9 Å². The van der Waals surface area contributed by atoms with Crippen molar-refractivity contribution in [1.82, 2.24) is 4.98 Å². The summed E-state index contributed by atoms with van der Waals surface area (Å²) in [5.74, 6) is 1.67. The summed E-state index contributed by atoms with van der Waals surface area (Å²) >= 11 is 0. The summed E-state index contributed by atoms with van der Waals surface area (Å²) in [5, 5.41) is 0. The molecular formula is C15H20N2O2. The summed E-state index contributed by atoms with van der Waals surface area (Å²) < 4.78 is 11.0. The lowest BCUT2D eigenvalue weighted by atomic mass is 9.94. The van der Waals surface area contributed by atoms with Crippen LogP contribution >= 0.6 is 0 Å². The molecule has 0 bridgehead atoms. The van der Waals surface area contributed by atoms with Crippen molar-refractivity contribution in [3.05, 3.63) is 28.5 Å². The van der Waals surface area contributed by atoms with Crippen LogP contribution in [-0.4, -0.2) is 12.1 Å². The first-order valence-electron chi connectivity index (χ1n) is 6.39. The minimum absolute atomic E-state index is 0.221. The number of hydrogen-bond acceptors (Lipinski definition) is 4. The number of benzene rings is 1. The molecular weight excluding hydrogens is 240 g/mol. The maximum atomic E-state index is 5.68. The largest absolute Gasteiger partial charge is 0.496 e. The molecule has 2 rings (SSSR count). The molecule has 0 saturated heterocycles. The highest BCUT2D eigenvalue weighted by Crippen LogP contribution is 2.37. The molecule has 0 aliphatic rings. The Bertz CT molecular complexity index is 615. The molecule has 4 heteroatoms. The number of hydrogen-bond donors (Lipinski definition) is 1. The van der Waals surface area contributed by atoms with Crippen molar-refractivity contribution in [2.45, 2.75) is 34.1 Å². The molecule has 1 aromatic carbocycles. The highest BCUT2D eigenvalue weighted by molar-refractivity contribution is 5.72. The third kappa shape index (κ3) is 2.18. The second kappa shape index (κ2) is 4.96. The van der Waals surface area contributed by atoms with Gasteiger partial charge < -0.3 is 14.9 Å². The first-order chi connectivity index (χ1) is 8.99. The third-order valence-electron chi connectivity index (χ3n) is 3.54. The lowest BCUT2D eigenvalue weighted by molar-refractivity contribution is 0.411. The van der Waals surface area contributed by atoms with Gasteiger partial charge in [-0.2, -0.15) is 4.98 Å². The predicted octanol–water partition coefficient (Wildman–Crippen LogP) is 3.42. The average molecular weight is 260 g/mol. The van der Waals surface area contributed by atoms with Gasteiger partial charge in [0.05, 0.1) is 12.8 Å². The van der Waals surface area contributed by atoms with Gasteiger partial charge in [0.1, 0.15) is 5.75 Å². The number of anilines is 1. The van der Waals surface area contributed by atoms with Crippen molar-refractivity contribution in [3.8, 4) is 17.1 Å². The van der Waals surface area contributed by atoms with Gasteiger partial charge in [0.15, 0.2) is 5.76 Å². The molecule has 0 unspecified atom stereocenters. The van der Waals surface area contributed by atoms with Gasteiger partial charge in [-0.1, -0.05) is 6.92 Å². The van der Waals surface area contributed by atoms with Crippen molar-refractivity contribution < 1.29 is 9.15 Å². The van der Waals surface area contributed by atoms with Crippen LogP contribution in [0.3, 0.4) is 0 Å². The zero-order valence-corrected chi connectivity index (χ0v) is 12.1. The van der Waals surface area contributed by atoms with Gasteiger partial charge in [0.2, 0.25) is 0 Å². The van der Waals surface area contributed by atoms with E-state index in [-0.39, 0.29) is 6.01 Å². The zero-order valence-electron chi connectivity index (χ0n) is 12.1. The SMILES string of the molecule is CCc1nc(N)oc1-c1c(C)cc(OC)c(C)c1C. The van der Waals surface area contributed by atoms with Crippen LogP contribution in [0.25, 0.3) is 11.3 Å². The first-order valence-corrected chi connectivity index (χ1v) is 6.39. The Kier molecular flexibility index (Phi) is 3.51. The van der Waals surface area contributed by atoms with E-state index < -0.39 is 0 Å². The Morgan fingerprint density at radius 1 is 1.26 bits per heavy atom. The van der Waals surface area contributed by atoms with Crippen molar-refractivity contribution in [2.75, 3.05) is 12.8 Å². The highest BCUT2D eigenvalue weighted by Gasteiger charge is 2.19. The summed E-state index contributed by atoms with van der Waals surface area (Å²) in [4.78, 5) is 4.24. The topological polar surface area (TPSA) is 61.3 Å². The van der Waals surface area contributed by atoms with Crippen molar-refractivity contribution in [2.24, 2.45) is 0 Å². The monoisotopic (exact) mass is 260 g/mol. The lowest BCUT2D eigenvalue weighted by Crippen LogP contribution is -1.97. The molecule has 0 atom stereocenters. The van der Waals surface area contributed by atoms with Gasteiger partial charge in [-0.3, -0.25) is 0 Å². The number of oxazole rings is 1. The Morgan fingerprint density at radius 2 is 1.95 bits per heavy atom. The molecule has 0 saturated carbocycles. The summed E-state index contributed by atoms with van der Waals surface area (Å²) in [6.07, 6.45) is 0.792. The zero-order chi connectivity index (χ0) is 14.2. The normalized spacial score (nSPS) is 10.8. The van der Waals surface area contributed by atoms with Crippen LogP contribution < -0.4 is 10.5 Å². The smallest absolute Gasteiger partial charge is 0.292 e. The average Bonchev–Trinajstić information content (AvgIpc) is 2.75. The van der Waals surface area contributed by atoms with Crippen LogP contribution in [0.4, 0.5) is 6.01 Å². The minimum Gasteiger partial charge on any atom is -0.496 e. The molecule has 0 radical (unpaired) electrons. The molecule has 1 heterocycles. The van der Waals surface area contributed by atoms with Crippen LogP contribution in [0, 0.1) is 20.8 Å². The molecule has 2 N–H and O–H groups in total. The Morgan fingerprint density at radius 3 is 2.53 bits per heavy atom. The molecule has 0 spiro atoms. The van der Waals surface area contributed by atoms with Crippen LogP contribution in [0.2, 0.25) is 0 Å². The maximum Gasteiger partial charge on any atom is 0.292 e. The summed E-state index contributed by atoms with van der Waals surface area (Å²) in [6, 6.07) is 2.25. The van der Waals surface area contributed by atoms with E-state index in [1.807, 2.05) is 26.8 Å². The molecule has 0 amide bonds. The number of aryl methyl sites for hydroxylation is 2. The van der Waals surface area contributed by atoms with Crippen LogP contribution in [-0.2, 0) is 6.42 Å². The molecule has 102 valence electrons. The molecule has 2 aromatic rings. The fourth-order valence-electron chi connectivity index (χ4n) is 2.41. The standard InChI is InChI=1S/C15H20N2O2/c1-6-11-14(19-15(16)17-11)13-8(2)7-12(18-5)9(3)10(13)4/h7H,6H2,1-5H3,(H2,16,17). The van der Waals surface area contributed by atoms with Gasteiger partial charge in [0, 0.05) is 5.56 Å². The summed E-state index contributed by atoms with van der Waals surface area (Å²) in [7, 11) is 1.69. The molecule has 0 fully saturated rings. The van der Waals surface area contributed by atoms with Crippen LogP contribution in [0.1, 0.15) is 29.3 Å². The number of ether oxygens (including phenoxy) is 1. The van der Waals surface area contributed by atoms with Crippen LogP contribution in [0.15, 0.2) is 10.5 Å². The Balaban J connectivity index is 2.72. The van der Waals surface area contributed by atoms with Crippen LogP contribution in [0.5, 0.6) is 5.75 Å². The van der Waals surface area contributed by atoms with Crippen molar-refractivity contribution >= 4 is 6.01 Å². The number of nitrogens with zero attached hydrogens (tertiary/aromatic N) is 1. The fourth-order valence-corrected chi connectivity index (χ4v) is 2.41. The van der Waals surface area contributed by atoms with E-state index >= 15 is 0 Å². The van der Waals surface area contributed by atoms with E-state index in [0.717, 1.165) is 45.9 Å². The number of nitrogen functional groups attached to an aromatic ring is 1. The van der Waals surface area contributed by atoms with E-state index in [1.54, 1.807) is 7.11 Å². The predicted molar refractivity (Wildman–Crippen MR) is 76.5 cm³/mol. The van der Waals surface area contributed by atoms with Gasteiger partial charge in [-0.05, 0) is 49.9 Å². The molecule has 0 aliphatic carbocycles. The second-order valence-corrected chi connectivity index (χ2v) is 4.70. The van der Waals surface area contributed by atoms with E-state index in [4.69, 9.17) is 14.9 Å². The van der Waals surface area contributed by atoms with E-state index in [9.17, 15) is 0 Å². The Hall–Kier alpha value is -1.97. The van der Waals surface area contributed by atoms with E-state index in [1.165, 1.54) is 0 Å². The fraction of sp³-hybridized carbons (Fsp3) is 0.400. The number of nitrogens with two attached hydrogens (primary N) is 1. The van der Waals surface area contributed by atoms with Crippen molar-refractivity contribution in [3.63, 3.8) is 0 Å². The van der Waals surface area contributed by atoms with Gasteiger partial charge in [-0.25, -0.2) is 0 Å². The maximum absolute atomic E-state index is 5.68. The van der Waals surface area contributed by atoms with Crippen molar-refractivity contribution in [1.29, 1.82) is 0 Å². The number of methoxy groups -OCH3 is 1.